The Morgan fingerprint density at radius 2 is 1.97 bits per heavy atom. The third-order valence-corrected chi connectivity index (χ3v) is 7.95. The molecule has 200 valence electrons. The number of likely N-dealkylation sites (tertiary alicyclic amines) is 1. The number of ether oxygens (including phenoxy) is 2. The normalized spacial score (nSPS) is 26.6. The molecule has 4 N–H and O–H groups in total. The first-order valence-corrected chi connectivity index (χ1v) is 13.6. The molecule has 4 aliphatic rings. The van der Waals surface area contributed by atoms with E-state index in [0.717, 1.165) is 51.6 Å². The average Bonchev–Trinajstić information content (AvgIpc) is 3.29. The van der Waals surface area contributed by atoms with Crippen LogP contribution >= 0.6 is 0 Å². The number of aryl methyl sites for hydroxylation is 1. The minimum atomic E-state index is -0.445. The highest BCUT2D eigenvalue weighted by Crippen LogP contribution is 2.32. The number of piperidine rings is 1. The highest BCUT2D eigenvalue weighted by Gasteiger charge is 2.35. The zero-order valence-electron chi connectivity index (χ0n) is 21.1. The zero-order chi connectivity index (χ0) is 25.4. The number of nitrogen functional groups attached to an aromatic ring is 1. The fourth-order valence-corrected chi connectivity index (χ4v) is 5.53. The van der Waals surface area contributed by atoms with Gasteiger partial charge in [-0.3, -0.25) is 9.36 Å². The summed E-state index contributed by atoms with van der Waals surface area (Å²) in [6.45, 7) is 3.09. The Labute approximate surface area is 215 Å². The second kappa shape index (κ2) is 10.4. The lowest BCUT2D eigenvalue weighted by Gasteiger charge is -2.32. The van der Waals surface area contributed by atoms with Crippen molar-refractivity contribution in [3.05, 3.63) is 12.2 Å². The Bertz CT molecular complexity index is 1140. The SMILES string of the molecule is Nc1nc(CCC2CCN(C(=O)OC3CCNC3)CC2)nc2c1ncn2[C@H]1CC[C@@H](C(=O)NC2CC2)O1. The van der Waals surface area contributed by atoms with Gasteiger partial charge in [-0.2, -0.15) is 0 Å². The standard InChI is InChI=1S/C25H36N8O4/c26-22-21-23(33(14-28-21)20-6-4-18(37-20)24(34)29-16-2-3-16)31-19(30-22)5-1-15-8-11-32(12-9-15)25(35)36-17-7-10-27-13-17/h14-18,20,27H,1-13H2,(H,29,34)(H2,26,30,31)/t17?,18-,20+/m0/s1. The van der Waals surface area contributed by atoms with Gasteiger partial charge in [0.15, 0.2) is 11.5 Å². The molecular weight excluding hydrogens is 476 g/mol. The van der Waals surface area contributed by atoms with E-state index < -0.39 is 6.10 Å². The molecule has 2 aromatic heterocycles. The molecule has 5 heterocycles. The number of hydrogen-bond donors (Lipinski definition) is 3. The van der Waals surface area contributed by atoms with Gasteiger partial charge in [-0.1, -0.05) is 0 Å². The van der Waals surface area contributed by atoms with Crippen molar-refractivity contribution in [1.82, 2.24) is 35.1 Å². The fraction of sp³-hybridized carbons (Fsp3) is 0.720. The maximum Gasteiger partial charge on any atom is 0.410 e. The molecule has 3 atom stereocenters. The zero-order valence-corrected chi connectivity index (χ0v) is 21.1. The summed E-state index contributed by atoms with van der Waals surface area (Å²) in [7, 11) is 0. The number of rotatable bonds is 7. The van der Waals surface area contributed by atoms with Gasteiger partial charge in [-0.25, -0.2) is 19.7 Å². The molecule has 2 amide bonds. The molecule has 0 aromatic carbocycles. The summed E-state index contributed by atoms with van der Waals surface area (Å²) in [6.07, 6.45) is 8.62. The minimum Gasteiger partial charge on any atom is -0.445 e. The first kappa shape index (κ1) is 24.4. The Balaban J connectivity index is 1.04. The molecule has 37 heavy (non-hydrogen) atoms. The van der Waals surface area contributed by atoms with E-state index in [9.17, 15) is 9.59 Å². The predicted octanol–water partition coefficient (Wildman–Crippen LogP) is 1.51. The van der Waals surface area contributed by atoms with Crippen LogP contribution in [0.1, 0.15) is 63.4 Å². The molecule has 12 heteroatoms. The molecule has 3 saturated heterocycles. The van der Waals surface area contributed by atoms with Crippen LogP contribution in [0.5, 0.6) is 0 Å². The van der Waals surface area contributed by atoms with Gasteiger partial charge in [0.1, 0.15) is 29.8 Å². The number of fused-ring (bicyclic) bond motifs is 1. The molecule has 1 aliphatic carbocycles. The van der Waals surface area contributed by atoms with Gasteiger partial charge in [0.25, 0.3) is 0 Å². The summed E-state index contributed by atoms with van der Waals surface area (Å²) in [6, 6.07) is 0.315. The van der Waals surface area contributed by atoms with E-state index in [1.807, 2.05) is 9.47 Å². The summed E-state index contributed by atoms with van der Waals surface area (Å²) < 4.78 is 13.6. The van der Waals surface area contributed by atoms with Gasteiger partial charge in [-0.15, -0.1) is 0 Å². The Hall–Kier alpha value is -2.99. The first-order chi connectivity index (χ1) is 18.0. The van der Waals surface area contributed by atoms with Crippen molar-refractivity contribution < 1.29 is 19.1 Å². The summed E-state index contributed by atoms with van der Waals surface area (Å²) in [5.41, 5.74) is 7.44. The minimum absolute atomic E-state index is 0.00315. The van der Waals surface area contributed by atoms with Gasteiger partial charge in [-0.05, 0) is 63.8 Å². The second-order valence-corrected chi connectivity index (χ2v) is 10.8. The van der Waals surface area contributed by atoms with Crippen molar-refractivity contribution in [3.63, 3.8) is 0 Å². The highest BCUT2D eigenvalue weighted by molar-refractivity contribution is 5.82. The lowest BCUT2D eigenvalue weighted by Crippen LogP contribution is -2.40. The topological polar surface area (TPSA) is 150 Å². The predicted molar refractivity (Wildman–Crippen MR) is 134 cm³/mol. The molecule has 12 nitrogen and oxygen atoms in total. The number of nitrogens with two attached hydrogens (primary N) is 1. The molecule has 0 bridgehead atoms. The van der Waals surface area contributed by atoms with Crippen LogP contribution in [0.25, 0.3) is 11.2 Å². The van der Waals surface area contributed by atoms with E-state index in [2.05, 4.69) is 20.6 Å². The van der Waals surface area contributed by atoms with E-state index in [0.29, 0.717) is 67.1 Å². The van der Waals surface area contributed by atoms with Gasteiger partial charge in [0, 0.05) is 32.1 Å². The van der Waals surface area contributed by atoms with Gasteiger partial charge >= 0.3 is 6.09 Å². The number of hydrogen-bond acceptors (Lipinski definition) is 9. The quantitative estimate of drug-likeness (QED) is 0.502. The molecule has 0 radical (unpaired) electrons. The van der Waals surface area contributed by atoms with Crippen molar-refractivity contribution in [3.8, 4) is 0 Å². The van der Waals surface area contributed by atoms with E-state index in [1.165, 1.54) is 0 Å². The summed E-state index contributed by atoms with van der Waals surface area (Å²) in [5.74, 6) is 1.51. The average molecular weight is 513 g/mol. The molecule has 0 spiro atoms. The molecule has 3 aliphatic heterocycles. The number of carbonyl (C=O) groups is 2. The van der Waals surface area contributed by atoms with Gasteiger partial charge < -0.3 is 30.7 Å². The highest BCUT2D eigenvalue weighted by atomic mass is 16.6. The van der Waals surface area contributed by atoms with Gasteiger partial charge in [0.2, 0.25) is 5.91 Å². The van der Waals surface area contributed by atoms with Crippen molar-refractivity contribution in [2.75, 3.05) is 31.9 Å². The van der Waals surface area contributed by atoms with Crippen LogP contribution in [0.3, 0.4) is 0 Å². The molecule has 2 aromatic rings. The number of anilines is 1. The number of nitrogens with zero attached hydrogens (tertiary/aromatic N) is 5. The Kier molecular flexibility index (Phi) is 6.85. The van der Waals surface area contributed by atoms with E-state index in [4.69, 9.17) is 20.2 Å². The molecule has 1 unspecified atom stereocenters. The number of amides is 2. The van der Waals surface area contributed by atoms with Gasteiger partial charge in [0.05, 0.1) is 6.33 Å². The van der Waals surface area contributed by atoms with Crippen molar-refractivity contribution in [1.29, 1.82) is 0 Å². The third-order valence-electron chi connectivity index (χ3n) is 7.95. The lowest BCUT2D eigenvalue weighted by molar-refractivity contribution is -0.134. The van der Waals surface area contributed by atoms with Crippen LogP contribution in [0, 0.1) is 5.92 Å². The second-order valence-electron chi connectivity index (χ2n) is 10.8. The van der Waals surface area contributed by atoms with Crippen LogP contribution in [-0.2, 0) is 20.7 Å². The van der Waals surface area contributed by atoms with E-state index >= 15 is 0 Å². The lowest BCUT2D eigenvalue weighted by atomic mass is 9.92. The summed E-state index contributed by atoms with van der Waals surface area (Å²) in [4.78, 5) is 40.4. The molecular formula is C25H36N8O4. The number of carbonyl (C=O) groups excluding carboxylic acids is 2. The van der Waals surface area contributed by atoms with Crippen molar-refractivity contribution in [2.45, 2.75) is 82.3 Å². The molecule has 1 saturated carbocycles. The summed E-state index contributed by atoms with van der Waals surface area (Å²) >= 11 is 0. The third kappa shape index (κ3) is 5.49. The summed E-state index contributed by atoms with van der Waals surface area (Å²) in [5, 5.41) is 6.25. The van der Waals surface area contributed by atoms with Crippen LogP contribution in [0.2, 0.25) is 0 Å². The van der Waals surface area contributed by atoms with Crippen LogP contribution in [-0.4, -0.2) is 80.8 Å². The van der Waals surface area contributed by atoms with Crippen molar-refractivity contribution in [2.24, 2.45) is 5.92 Å². The molecule has 6 rings (SSSR count). The van der Waals surface area contributed by atoms with Crippen LogP contribution < -0.4 is 16.4 Å². The maximum atomic E-state index is 12.4. The van der Waals surface area contributed by atoms with Crippen molar-refractivity contribution >= 4 is 29.0 Å². The van der Waals surface area contributed by atoms with Crippen LogP contribution in [0.15, 0.2) is 6.33 Å². The fourth-order valence-electron chi connectivity index (χ4n) is 5.53. The Morgan fingerprint density at radius 3 is 2.73 bits per heavy atom. The maximum absolute atomic E-state index is 12.4. The molecule has 4 fully saturated rings. The smallest absolute Gasteiger partial charge is 0.410 e. The largest absolute Gasteiger partial charge is 0.445 e. The van der Waals surface area contributed by atoms with E-state index in [-0.39, 0.29) is 24.3 Å². The Morgan fingerprint density at radius 1 is 1.14 bits per heavy atom. The number of aromatic nitrogens is 4. The van der Waals surface area contributed by atoms with E-state index in [1.54, 1.807) is 6.33 Å². The number of nitrogens with one attached hydrogen (secondary N) is 2. The monoisotopic (exact) mass is 512 g/mol. The number of imidazole rings is 1. The van der Waals surface area contributed by atoms with Crippen LogP contribution in [0.4, 0.5) is 10.6 Å². The first-order valence-electron chi connectivity index (χ1n) is 13.6.